The van der Waals surface area contributed by atoms with E-state index in [0.717, 1.165) is 31.5 Å². The van der Waals surface area contributed by atoms with Gasteiger partial charge in [-0.15, -0.1) is 0 Å². The molecule has 1 fully saturated rings. The van der Waals surface area contributed by atoms with Crippen LogP contribution in [-0.4, -0.2) is 37.2 Å². The minimum Gasteiger partial charge on any atom is -0.492 e. The molecular formula is C17H28N2O. The first-order valence-corrected chi connectivity index (χ1v) is 7.85. The van der Waals surface area contributed by atoms with E-state index in [4.69, 9.17) is 4.74 Å². The van der Waals surface area contributed by atoms with Crippen molar-refractivity contribution in [1.82, 2.24) is 10.2 Å². The monoisotopic (exact) mass is 276 g/mol. The molecule has 0 radical (unpaired) electrons. The third kappa shape index (κ3) is 4.80. The van der Waals surface area contributed by atoms with Crippen LogP contribution in [0.25, 0.3) is 0 Å². The Morgan fingerprint density at radius 1 is 1.35 bits per heavy atom. The summed E-state index contributed by atoms with van der Waals surface area (Å²) in [6.45, 7) is 7.12. The van der Waals surface area contributed by atoms with Gasteiger partial charge < -0.3 is 15.0 Å². The van der Waals surface area contributed by atoms with Gasteiger partial charge in [-0.3, -0.25) is 0 Å². The molecule has 1 aliphatic rings. The second kappa shape index (κ2) is 7.65. The highest BCUT2D eigenvalue weighted by molar-refractivity contribution is 5.33. The fourth-order valence-corrected chi connectivity index (χ4v) is 2.16. The molecule has 1 aromatic carbocycles. The second-order valence-electron chi connectivity index (χ2n) is 5.85. The van der Waals surface area contributed by atoms with Gasteiger partial charge in [0.15, 0.2) is 0 Å². The first kappa shape index (κ1) is 15.3. The molecule has 1 saturated carbocycles. The fourth-order valence-electron chi connectivity index (χ4n) is 2.16. The van der Waals surface area contributed by atoms with Crippen LogP contribution in [0.1, 0.15) is 38.7 Å². The molecule has 1 unspecified atom stereocenters. The van der Waals surface area contributed by atoms with Crippen molar-refractivity contribution in [3.8, 4) is 5.75 Å². The van der Waals surface area contributed by atoms with Crippen LogP contribution in [0.2, 0.25) is 0 Å². The van der Waals surface area contributed by atoms with E-state index in [1.165, 1.54) is 24.8 Å². The molecule has 2 rings (SSSR count). The Morgan fingerprint density at radius 2 is 2.10 bits per heavy atom. The molecule has 112 valence electrons. The maximum atomic E-state index is 5.97. The summed E-state index contributed by atoms with van der Waals surface area (Å²) in [4.78, 5) is 2.35. The highest BCUT2D eigenvalue weighted by atomic mass is 16.5. The molecule has 1 aliphatic carbocycles. The first-order valence-electron chi connectivity index (χ1n) is 7.85. The van der Waals surface area contributed by atoms with Gasteiger partial charge in [-0.2, -0.15) is 0 Å². The van der Waals surface area contributed by atoms with E-state index in [1.807, 2.05) is 6.07 Å². The quantitative estimate of drug-likeness (QED) is 0.750. The molecule has 3 nitrogen and oxygen atoms in total. The lowest BCUT2D eigenvalue weighted by Crippen LogP contribution is -2.32. The molecule has 0 spiro atoms. The smallest absolute Gasteiger partial charge is 0.123 e. The van der Waals surface area contributed by atoms with Crippen LogP contribution < -0.4 is 10.1 Å². The van der Waals surface area contributed by atoms with Crippen LogP contribution in [0.15, 0.2) is 24.3 Å². The first-order chi connectivity index (χ1) is 9.70. The molecule has 3 heteroatoms. The summed E-state index contributed by atoms with van der Waals surface area (Å²) in [6, 6.07) is 9.72. The lowest BCUT2D eigenvalue weighted by Gasteiger charge is -2.23. The number of nitrogens with zero attached hydrogens (tertiary/aromatic N) is 1. The standard InChI is InChI=1S/C17H28N2O/c1-4-14(2)19(3)11-12-20-17-8-6-5-7-15(17)13-18-16-9-10-16/h5-8,14,16,18H,4,9-13H2,1-3H3. The molecule has 1 atom stereocenters. The zero-order valence-electron chi connectivity index (χ0n) is 13.1. The molecule has 0 heterocycles. The maximum Gasteiger partial charge on any atom is 0.123 e. The van der Waals surface area contributed by atoms with E-state index >= 15 is 0 Å². The van der Waals surface area contributed by atoms with Crippen LogP contribution in [0, 0.1) is 0 Å². The Labute approximate surface area is 123 Å². The SMILES string of the molecule is CCC(C)N(C)CCOc1ccccc1CNC1CC1. The van der Waals surface area contributed by atoms with Crippen molar-refractivity contribution in [1.29, 1.82) is 0 Å². The van der Waals surface area contributed by atoms with Crippen LogP contribution in [-0.2, 0) is 6.54 Å². The molecule has 0 amide bonds. The fraction of sp³-hybridized carbons (Fsp3) is 0.647. The van der Waals surface area contributed by atoms with E-state index in [9.17, 15) is 0 Å². The van der Waals surface area contributed by atoms with E-state index in [1.54, 1.807) is 0 Å². The lowest BCUT2D eigenvalue weighted by molar-refractivity contribution is 0.196. The number of benzene rings is 1. The van der Waals surface area contributed by atoms with Gasteiger partial charge in [0.25, 0.3) is 0 Å². The summed E-state index contributed by atoms with van der Waals surface area (Å²) < 4.78 is 5.97. The zero-order valence-corrected chi connectivity index (χ0v) is 13.1. The Morgan fingerprint density at radius 3 is 2.80 bits per heavy atom. The summed E-state index contributed by atoms with van der Waals surface area (Å²) in [5.74, 6) is 1.03. The minimum atomic E-state index is 0.616. The summed E-state index contributed by atoms with van der Waals surface area (Å²) in [6.07, 6.45) is 3.82. The molecule has 1 N–H and O–H groups in total. The van der Waals surface area contributed by atoms with Gasteiger partial charge in [0.2, 0.25) is 0 Å². The second-order valence-corrected chi connectivity index (χ2v) is 5.85. The van der Waals surface area contributed by atoms with E-state index in [-0.39, 0.29) is 0 Å². The number of para-hydroxylation sites is 1. The molecule has 1 aromatic rings. The van der Waals surface area contributed by atoms with E-state index in [2.05, 4.69) is 49.3 Å². The molecule has 0 aliphatic heterocycles. The Hall–Kier alpha value is -1.06. The van der Waals surface area contributed by atoms with Crippen molar-refractivity contribution in [2.75, 3.05) is 20.2 Å². The van der Waals surface area contributed by atoms with Crippen molar-refractivity contribution in [3.05, 3.63) is 29.8 Å². The summed E-state index contributed by atoms with van der Waals surface area (Å²) in [7, 11) is 2.16. The van der Waals surface area contributed by atoms with Gasteiger partial charge in [-0.05, 0) is 39.3 Å². The van der Waals surface area contributed by atoms with Gasteiger partial charge in [0.05, 0.1) is 0 Å². The minimum absolute atomic E-state index is 0.616. The van der Waals surface area contributed by atoms with E-state index < -0.39 is 0 Å². The maximum absolute atomic E-state index is 5.97. The van der Waals surface area contributed by atoms with Crippen molar-refractivity contribution >= 4 is 0 Å². The van der Waals surface area contributed by atoms with Gasteiger partial charge in [-0.1, -0.05) is 25.1 Å². The van der Waals surface area contributed by atoms with Gasteiger partial charge in [-0.25, -0.2) is 0 Å². The summed E-state index contributed by atoms with van der Waals surface area (Å²) >= 11 is 0. The average molecular weight is 276 g/mol. The topological polar surface area (TPSA) is 24.5 Å². The Bertz CT molecular complexity index is 404. The highest BCUT2D eigenvalue weighted by Crippen LogP contribution is 2.22. The number of ether oxygens (including phenoxy) is 1. The van der Waals surface area contributed by atoms with Crippen LogP contribution in [0.5, 0.6) is 5.75 Å². The number of likely N-dealkylation sites (N-methyl/N-ethyl adjacent to an activating group) is 1. The molecule has 0 saturated heterocycles. The van der Waals surface area contributed by atoms with Crippen molar-refractivity contribution in [2.24, 2.45) is 0 Å². The third-order valence-corrected chi connectivity index (χ3v) is 4.18. The average Bonchev–Trinajstić information content (AvgIpc) is 3.29. The summed E-state index contributed by atoms with van der Waals surface area (Å²) in [5.41, 5.74) is 1.27. The Kier molecular flexibility index (Phi) is 5.86. The van der Waals surface area contributed by atoms with Crippen LogP contribution >= 0.6 is 0 Å². The van der Waals surface area contributed by atoms with Crippen molar-refractivity contribution in [2.45, 2.75) is 51.7 Å². The number of hydrogen-bond acceptors (Lipinski definition) is 3. The molecular weight excluding hydrogens is 248 g/mol. The normalized spacial score (nSPS) is 16.4. The highest BCUT2D eigenvalue weighted by Gasteiger charge is 2.20. The molecule has 0 bridgehead atoms. The van der Waals surface area contributed by atoms with Crippen LogP contribution in [0.3, 0.4) is 0 Å². The number of nitrogens with one attached hydrogen (secondary N) is 1. The number of rotatable bonds is 9. The predicted molar refractivity (Wildman–Crippen MR) is 84.2 cm³/mol. The summed E-state index contributed by atoms with van der Waals surface area (Å²) in [5, 5.41) is 3.55. The van der Waals surface area contributed by atoms with Gasteiger partial charge >= 0.3 is 0 Å². The van der Waals surface area contributed by atoms with Gasteiger partial charge in [0.1, 0.15) is 12.4 Å². The molecule has 20 heavy (non-hydrogen) atoms. The molecule has 0 aromatic heterocycles. The van der Waals surface area contributed by atoms with Gasteiger partial charge in [0, 0.05) is 30.7 Å². The number of hydrogen-bond donors (Lipinski definition) is 1. The third-order valence-electron chi connectivity index (χ3n) is 4.18. The van der Waals surface area contributed by atoms with Crippen molar-refractivity contribution < 1.29 is 4.74 Å². The lowest BCUT2D eigenvalue weighted by atomic mass is 10.2. The predicted octanol–water partition coefficient (Wildman–Crippen LogP) is 3.05. The Balaban J connectivity index is 1.79. The largest absolute Gasteiger partial charge is 0.492 e. The zero-order chi connectivity index (χ0) is 14.4. The van der Waals surface area contributed by atoms with E-state index in [0.29, 0.717) is 6.04 Å². The van der Waals surface area contributed by atoms with Crippen molar-refractivity contribution in [3.63, 3.8) is 0 Å². The van der Waals surface area contributed by atoms with Crippen LogP contribution in [0.4, 0.5) is 0 Å².